The standard InChI is InChI=1S/C17H16N2O5S/c1-17(14-3-2-6-25-14)15(21)19(16(22)18-17)8-11(20)10-4-5-12-13(7-10)24-9-23-12/h2-7,11,20H,8-9H2,1H3,(H,18,22)/t11-,17-/m1/s1. The van der Waals surface area contributed by atoms with Crippen LogP contribution in [0.4, 0.5) is 4.79 Å². The van der Waals surface area contributed by atoms with E-state index in [1.807, 2.05) is 11.4 Å². The Kier molecular flexibility index (Phi) is 3.66. The van der Waals surface area contributed by atoms with Crippen LogP contribution in [0.5, 0.6) is 11.5 Å². The number of carbonyl (C=O) groups excluding carboxylic acids is 2. The summed E-state index contributed by atoms with van der Waals surface area (Å²) in [5, 5.41) is 15.1. The van der Waals surface area contributed by atoms with Gasteiger partial charge in [0.2, 0.25) is 6.79 Å². The number of nitrogens with one attached hydrogen (secondary N) is 1. The van der Waals surface area contributed by atoms with Crippen molar-refractivity contribution in [3.63, 3.8) is 0 Å². The monoisotopic (exact) mass is 360 g/mol. The highest BCUT2D eigenvalue weighted by molar-refractivity contribution is 7.10. The predicted octanol–water partition coefficient (Wildman–Crippen LogP) is 1.98. The third kappa shape index (κ3) is 2.54. The summed E-state index contributed by atoms with van der Waals surface area (Å²) in [6.45, 7) is 1.68. The van der Waals surface area contributed by atoms with Gasteiger partial charge in [0.25, 0.3) is 5.91 Å². The van der Waals surface area contributed by atoms with Gasteiger partial charge >= 0.3 is 6.03 Å². The molecule has 1 saturated heterocycles. The van der Waals surface area contributed by atoms with Crippen LogP contribution >= 0.6 is 11.3 Å². The molecule has 4 rings (SSSR count). The highest BCUT2D eigenvalue weighted by atomic mass is 32.1. The topological polar surface area (TPSA) is 88.1 Å². The van der Waals surface area contributed by atoms with Crippen molar-refractivity contribution in [3.05, 3.63) is 46.2 Å². The molecule has 0 bridgehead atoms. The molecule has 1 aromatic carbocycles. The average molecular weight is 360 g/mol. The summed E-state index contributed by atoms with van der Waals surface area (Å²) in [5.41, 5.74) is -0.547. The van der Waals surface area contributed by atoms with E-state index in [9.17, 15) is 14.7 Å². The molecular weight excluding hydrogens is 344 g/mol. The number of β-amino-alcohol motifs (C(OH)–C–C–N with tert-alkyl or cyclic N) is 1. The Balaban J connectivity index is 1.54. The van der Waals surface area contributed by atoms with Crippen molar-refractivity contribution in [3.8, 4) is 11.5 Å². The zero-order valence-electron chi connectivity index (χ0n) is 13.4. The lowest BCUT2D eigenvalue weighted by atomic mass is 10.0. The number of nitrogens with zero attached hydrogens (tertiary/aromatic N) is 1. The van der Waals surface area contributed by atoms with Gasteiger partial charge in [-0.1, -0.05) is 12.1 Å². The highest BCUT2D eigenvalue weighted by Crippen LogP contribution is 2.36. The van der Waals surface area contributed by atoms with Gasteiger partial charge in [-0.3, -0.25) is 9.69 Å². The number of rotatable bonds is 4. The average Bonchev–Trinajstić information content (AvgIpc) is 3.31. The minimum Gasteiger partial charge on any atom is -0.454 e. The Morgan fingerprint density at radius 2 is 2.12 bits per heavy atom. The van der Waals surface area contributed by atoms with E-state index < -0.39 is 17.7 Å². The molecule has 2 aliphatic rings. The Labute approximate surface area is 147 Å². The molecule has 2 aromatic rings. The van der Waals surface area contributed by atoms with Gasteiger partial charge in [-0.25, -0.2) is 4.79 Å². The van der Waals surface area contributed by atoms with Crippen molar-refractivity contribution in [2.45, 2.75) is 18.6 Å². The number of ether oxygens (including phenoxy) is 2. The predicted molar refractivity (Wildman–Crippen MR) is 89.4 cm³/mol. The molecule has 8 heteroatoms. The fourth-order valence-corrected chi connectivity index (χ4v) is 3.83. The van der Waals surface area contributed by atoms with E-state index in [0.717, 1.165) is 9.78 Å². The van der Waals surface area contributed by atoms with Crippen LogP contribution in [0.3, 0.4) is 0 Å². The first-order valence-corrected chi connectivity index (χ1v) is 8.63. The van der Waals surface area contributed by atoms with Gasteiger partial charge in [0, 0.05) is 4.88 Å². The molecule has 0 radical (unpaired) electrons. The first kappa shape index (κ1) is 15.9. The van der Waals surface area contributed by atoms with Crippen LogP contribution < -0.4 is 14.8 Å². The minimum absolute atomic E-state index is 0.134. The van der Waals surface area contributed by atoms with Gasteiger partial charge in [0.1, 0.15) is 0 Å². The van der Waals surface area contributed by atoms with Gasteiger partial charge in [-0.2, -0.15) is 0 Å². The highest BCUT2D eigenvalue weighted by Gasteiger charge is 2.50. The van der Waals surface area contributed by atoms with Crippen molar-refractivity contribution >= 4 is 23.3 Å². The van der Waals surface area contributed by atoms with Crippen LogP contribution in [0.25, 0.3) is 0 Å². The summed E-state index contributed by atoms with van der Waals surface area (Å²) < 4.78 is 10.5. The minimum atomic E-state index is -1.10. The van der Waals surface area contributed by atoms with Gasteiger partial charge in [0.15, 0.2) is 17.0 Å². The third-order valence-corrected chi connectivity index (χ3v) is 5.52. The van der Waals surface area contributed by atoms with E-state index in [0.29, 0.717) is 17.1 Å². The van der Waals surface area contributed by atoms with Crippen LogP contribution in [-0.2, 0) is 10.3 Å². The molecule has 1 fully saturated rings. The number of hydrogen-bond acceptors (Lipinski definition) is 6. The van der Waals surface area contributed by atoms with E-state index in [4.69, 9.17) is 9.47 Å². The lowest BCUT2D eigenvalue weighted by Gasteiger charge is -2.21. The van der Waals surface area contributed by atoms with E-state index in [1.54, 1.807) is 31.2 Å². The number of aliphatic hydroxyl groups is 1. The summed E-state index contributed by atoms with van der Waals surface area (Å²) in [6, 6.07) is 8.16. The first-order chi connectivity index (χ1) is 12.0. The van der Waals surface area contributed by atoms with Crippen molar-refractivity contribution in [2.75, 3.05) is 13.3 Å². The second kappa shape index (κ2) is 5.75. The molecule has 2 N–H and O–H groups in total. The fourth-order valence-electron chi connectivity index (χ4n) is 2.99. The SMILES string of the molecule is C[C@]1(c2cccs2)NC(=O)N(C[C@@H](O)c2ccc3c(c2)OCO3)C1=O. The summed E-state index contributed by atoms with van der Waals surface area (Å²) in [6.07, 6.45) is -1.02. The van der Waals surface area contributed by atoms with Crippen LogP contribution in [0.1, 0.15) is 23.5 Å². The Morgan fingerprint density at radius 3 is 2.88 bits per heavy atom. The molecule has 2 aliphatic heterocycles. The van der Waals surface area contributed by atoms with Gasteiger partial charge in [0.05, 0.1) is 12.6 Å². The zero-order chi connectivity index (χ0) is 17.6. The smallest absolute Gasteiger partial charge is 0.325 e. The Bertz CT molecular complexity index is 838. The lowest BCUT2D eigenvalue weighted by molar-refractivity contribution is -0.132. The van der Waals surface area contributed by atoms with Crippen molar-refractivity contribution in [2.24, 2.45) is 0 Å². The second-order valence-corrected chi connectivity index (χ2v) is 7.02. The molecule has 25 heavy (non-hydrogen) atoms. The summed E-state index contributed by atoms with van der Waals surface area (Å²) in [4.78, 5) is 26.9. The molecule has 7 nitrogen and oxygen atoms in total. The number of urea groups is 1. The maximum Gasteiger partial charge on any atom is 0.325 e. The number of benzene rings is 1. The van der Waals surface area contributed by atoms with Crippen molar-refractivity contribution < 1.29 is 24.2 Å². The molecule has 130 valence electrons. The van der Waals surface area contributed by atoms with Crippen LogP contribution in [0, 0.1) is 0 Å². The number of fused-ring (bicyclic) bond motifs is 1. The quantitative estimate of drug-likeness (QED) is 0.814. The number of aliphatic hydroxyl groups excluding tert-OH is 1. The summed E-state index contributed by atoms with van der Waals surface area (Å²) in [7, 11) is 0. The third-order valence-electron chi connectivity index (χ3n) is 4.43. The van der Waals surface area contributed by atoms with E-state index in [1.165, 1.54) is 11.3 Å². The number of imide groups is 1. The Hall–Kier alpha value is -2.58. The van der Waals surface area contributed by atoms with Gasteiger partial charge < -0.3 is 19.9 Å². The second-order valence-electron chi connectivity index (χ2n) is 6.08. The molecule has 0 spiro atoms. The molecule has 0 aliphatic carbocycles. The zero-order valence-corrected chi connectivity index (χ0v) is 14.2. The molecule has 1 aromatic heterocycles. The molecule has 3 amide bonds. The largest absolute Gasteiger partial charge is 0.454 e. The summed E-state index contributed by atoms with van der Waals surface area (Å²) >= 11 is 1.40. The van der Waals surface area contributed by atoms with Crippen LogP contribution in [0.15, 0.2) is 35.7 Å². The van der Waals surface area contributed by atoms with Crippen molar-refractivity contribution in [1.82, 2.24) is 10.2 Å². The number of thiophene rings is 1. The molecule has 0 unspecified atom stereocenters. The number of amides is 3. The first-order valence-electron chi connectivity index (χ1n) is 7.75. The van der Waals surface area contributed by atoms with E-state index in [-0.39, 0.29) is 19.2 Å². The van der Waals surface area contributed by atoms with Crippen molar-refractivity contribution in [1.29, 1.82) is 0 Å². The van der Waals surface area contributed by atoms with Crippen LogP contribution in [0.2, 0.25) is 0 Å². The lowest BCUT2D eigenvalue weighted by Crippen LogP contribution is -2.40. The molecule has 2 atom stereocenters. The number of hydrogen-bond donors (Lipinski definition) is 2. The summed E-state index contributed by atoms with van der Waals surface area (Å²) in [5.74, 6) is 0.771. The normalized spacial score (nSPS) is 23.0. The van der Waals surface area contributed by atoms with E-state index >= 15 is 0 Å². The maximum absolute atomic E-state index is 12.8. The molecule has 0 saturated carbocycles. The number of carbonyl (C=O) groups is 2. The molecular formula is C17H16N2O5S. The van der Waals surface area contributed by atoms with Gasteiger partial charge in [-0.15, -0.1) is 11.3 Å². The Morgan fingerprint density at radius 1 is 1.32 bits per heavy atom. The van der Waals surface area contributed by atoms with Crippen LogP contribution in [-0.4, -0.2) is 35.3 Å². The van der Waals surface area contributed by atoms with Gasteiger partial charge in [-0.05, 0) is 36.1 Å². The fraction of sp³-hybridized carbons (Fsp3) is 0.294. The van der Waals surface area contributed by atoms with E-state index in [2.05, 4.69) is 5.32 Å². The molecule has 3 heterocycles. The maximum atomic E-state index is 12.8.